The summed E-state index contributed by atoms with van der Waals surface area (Å²) in [7, 11) is 0. The van der Waals surface area contributed by atoms with Crippen molar-refractivity contribution in [1.82, 2.24) is 15.5 Å². The van der Waals surface area contributed by atoms with Crippen molar-refractivity contribution in [3.63, 3.8) is 0 Å². The van der Waals surface area contributed by atoms with Gasteiger partial charge in [0.25, 0.3) is 0 Å². The van der Waals surface area contributed by atoms with Gasteiger partial charge in [-0.1, -0.05) is 24.3 Å². The van der Waals surface area contributed by atoms with Crippen molar-refractivity contribution in [1.29, 1.82) is 0 Å². The number of amides is 1. The van der Waals surface area contributed by atoms with E-state index in [0.717, 1.165) is 17.2 Å². The van der Waals surface area contributed by atoms with Crippen molar-refractivity contribution in [3.8, 4) is 0 Å². The molecule has 2 unspecified atom stereocenters. The first kappa shape index (κ1) is 14.6. The van der Waals surface area contributed by atoms with E-state index in [1.807, 2.05) is 24.3 Å². The van der Waals surface area contributed by atoms with E-state index in [1.54, 1.807) is 6.92 Å². The van der Waals surface area contributed by atoms with Gasteiger partial charge in [-0.25, -0.2) is 0 Å². The Morgan fingerprint density at radius 2 is 2.14 bits per heavy atom. The Morgan fingerprint density at radius 1 is 1.41 bits per heavy atom. The second-order valence-corrected chi connectivity index (χ2v) is 5.39. The van der Waals surface area contributed by atoms with Crippen LogP contribution in [0, 0.1) is 0 Å². The van der Waals surface area contributed by atoms with Crippen LogP contribution in [0.3, 0.4) is 0 Å². The highest BCUT2D eigenvalue weighted by Crippen LogP contribution is 2.35. The van der Waals surface area contributed by atoms with Crippen LogP contribution in [0.1, 0.15) is 41.4 Å². The number of nitrogens with zero attached hydrogens (tertiary/aromatic N) is 1. The number of aromatic amines is 1. The summed E-state index contributed by atoms with van der Waals surface area (Å²) in [6.45, 7) is 1.62. The van der Waals surface area contributed by atoms with Gasteiger partial charge in [-0.2, -0.15) is 18.3 Å². The minimum Gasteiger partial charge on any atom is -0.347 e. The standard InChI is InChI=1S/C15H14F3N3O/c1-8(12-7-13(21-20-12)15(16,17)18)19-14(22)11-6-9-4-2-3-5-10(9)11/h2-5,7-8,11H,6H2,1H3,(H,19,22)(H,20,21). The van der Waals surface area contributed by atoms with Crippen LogP contribution < -0.4 is 5.32 Å². The Kier molecular flexibility index (Phi) is 3.42. The van der Waals surface area contributed by atoms with Gasteiger partial charge in [-0.05, 0) is 30.5 Å². The molecule has 22 heavy (non-hydrogen) atoms. The van der Waals surface area contributed by atoms with Gasteiger partial charge < -0.3 is 5.32 Å². The smallest absolute Gasteiger partial charge is 0.347 e. The van der Waals surface area contributed by atoms with Gasteiger partial charge in [0.1, 0.15) is 0 Å². The van der Waals surface area contributed by atoms with E-state index in [0.29, 0.717) is 6.42 Å². The molecule has 0 bridgehead atoms. The Hall–Kier alpha value is -2.31. The van der Waals surface area contributed by atoms with E-state index >= 15 is 0 Å². The molecule has 1 aliphatic rings. The van der Waals surface area contributed by atoms with E-state index in [9.17, 15) is 18.0 Å². The number of carbonyl (C=O) groups excluding carboxylic acids is 1. The predicted molar refractivity (Wildman–Crippen MR) is 73.0 cm³/mol. The van der Waals surface area contributed by atoms with Crippen molar-refractivity contribution in [3.05, 3.63) is 52.8 Å². The Morgan fingerprint density at radius 3 is 2.77 bits per heavy atom. The third kappa shape index (κ3) is 2.58. The SMILES string of the molecule is CC(NC(=O)C1Cc2ccccc21)c1cc(C(F)(F)F)n[nH]1. The molecular weight excluding hydrogens is 295 g/mol. The number of carbonyl (C=O) groups is 1. The van der Waals surface area contributed by atoms with E-state index in [4.69, 9.17) is 0 Å². The zero-order valence-electron chi connectivity index (χ0n) is 11.7. The van der Waals surface area contributed by atoms with E-state index in [2.05, 4.69) is 15.5 Å². The molecule has 1 heterocycles. The van der Waals surface area contributed by atoms with Crippen LogP contribution in [-0.4, -0.2) is 16.1 Å². The molecule has 0 radical (unpaired) electrons. The Balaban J connectivity index is 1.66. The van der Waals surface area contributed by atoms with Crippen LogP contribution in [0.5, 0.6) is 0 Å². The molecule has 0 saturated carbocycles. The van der Waals surface area contributed by atoms with Crippen molar-refractivity contribution in [2.75, 3.05) is 0 Å². The molecule has 0 spiro atoms. The highest BCUT2D eigenvalue weighted by atomic mass is 19.4. The lowest BCUT2D eigenvalue weighted by molar-refractivity contribution is -0.141. The summed E-state index contributed by atoms with van der Waals surface area (Å²) < 4.78 is 37.5. The zero-order valence-corrected chi connectivity index (χ0v) is 11.7. The Labute approximate surface area is 124 Å². The summed E-state index contributed by atoms with van der Waals surface area (Å²) in [5.41, 5.74) is 1.36. The van der Waals surface area contributed by atoms with Crippen molar-refractivity contribution < 1.29 is 18.0 Å². The lowest BCUT2D eigenvalue weighted by Gasteiger charge is -2.29. The molecule has 2 atom stereocenters. The fraction of sp³-hybridized carbons (Fsp3) is 0.333. The number of halogens is 3. The van der Waals surface area contributed by atoms with Crippen molar-refractivity contribution in [2.45, 2.75) is 31.5 Å². The van der Waals surface area contributed by atoms with Gasteiger partial charge in [0.2, 0.25) is 5.91 Å². The maximum atomic E-state index is 12.5. The minimum atomic E-state index is -4.49. The van der Waals surface area contributed by atoms with Crippen LogP contribution in [0.15, 0.2) is 30.3 Å². The predicted octanol–water partition coefficient (Wildman–Crippen LogP) is 2.95. The second-order valence-electron chi connectivity index (χ2n) is 5.39. The molecule has 0 saturated heterocycles. The number of rotatable bonds is 3. The maximum absolute atomic E-state index is 12.5. The summed E-state index contributed by atoms with van der Waals surface area (Å²) in [5.74, 6) is -0.419. The highest BCUT2D eigenvalue weighted by Gasteiger charge is 2.35. The summed E-state index contributed by atoms with van der Waals surface area (Å²) in [4.78, 5) is 12.2. The molecule has 1 amide bonds. The van der Waals surface area contributed by atoms with Crippen LogP contribution in [0.4, 0.5) is 13.2 Å². The largest absolute Gasteiger partial charge is 0.435 e. The molecule has 7 heteroatoms. The first-order chi connectivity index (χ1) is 10.4. The van der Waals surface area contributed by atoms with Crippen molar-refractivity contribution >= 4 is 5.91 Å². The summed E-state index contributed by atoms with van der Waals surface area (Å²) in [5, 5.41) is 8.28. The third-order valence-electron chi connectivity index (χ3n) is 3.88. The van der Waals surface area contributed by atoms with Gasteiger partial charge in [-0.15, -0.1) is 0 Å². The number of H-pyrrole nitrogens is 1. The molecule has 4 nitrogen and oxygen atoms in total. The van der Waals surface area contributed by atoms with Crippen LogP contribution in [-0.2, 0) is 17.4 Å². The molecule has 1 aromatic carbocycles. The molecule has 1 aliphatic carbocycles. The number of hydrogen-bond donors (Lipinski definition) is 2. The maximum Gasteiger partial charge on any atom is 0.435 e. The van der Waals surface area contributed by atoms with E-state index in [1.165, 1.54) is 0 Å². The van der Waals surface area contributed by atoms with E-state index in [-0.39, 0.29) is 17.5 Å². The van der Waals surface area contributed by atoms with Gasteiger partial charge in [-0.3, -0.25) is 9.89 Å². The fourth-order valence-corrected chi connectivity index (χ4v) is 2.59. The highest BCUT2D eigenvalue weighted by molar-refractivity contribution is 5.87. The summed E-state index contributed by atoms with van der Waals surface area (Å²) >= 11 is 0. The average Bonchev–Trinajstić information content (AvgIpc) is 2.89. The molecule has 2 aromatic rings. The molecular formula is C15H14F3N3O. The van der Waals surface area contributed by atoms with Crippen molar-refractivity contribution in [2.24, 2.45) is 0 Å². The number of alkyl halides is 3. The number of nitrogens with one attached hydrogen (secondary N) is 2. The normalized spacial score (nSPS) is 18.3. The van der Waals surface area contributed by atoms with Crippen LogP contribution in [0.2, 0.25) is 0 Å². The molecule has 116 valence electrons. The van der Waals surface area contributed by atoms with Crippen LogP contribution >= 0.6 is 0 Å². The molecule has 0 fully saturated rings. The summed E-state index contributed by atoms with van der Waals surface area (Å²) in [6.07, 6.45) is -3.84. The molecule has 1 aromatic heterocycles. The lowest BCUT2D eigenvalue weighted by atomic mass is 9.77. The number of fused-ring (bicyclic) bond motifs is 1. The van der Waals surface area contributed by atoms with Gasteiger partial charge in [0.15, 0.2) is 5.69 Å². The monoisotopic (exact) mass is 309 g/mol. The van der Waals surface area contributed by atoms with E-state index < -0.39 is 17.9 Å². The third-order valence-corrected chi connectivity index (χ3v) is 3.88. The number of benzene rings is 1. The second kappa shape index (κ2) is 5.15. The fourth-order valence-electron chi connectivity index (χ4n) is 2.59. The number of aromatic nitrogens is 2. The zero-order chi connectivity index (χ0) is 15.9. The van der Waals surface area contributed by atoms with Gasteiger partial charge in [0.05, 0.1) is 17.7 Å². The quantitative estimate of drug-likeness (QED) is 0.916. The number of hydrogen-bond acceptors (Lipinski definition) is 2. The van der Waals surface area contributed by atoms with Gasteiger partial charge >= 0.3 is 6.18 Å². The van der Waals surface area contributed by atoms with Crippen LogP contribution in [0.25, 0.3) is 0 Å². The first-order valence-corrected chi connectivity index (χ1v) is 6.87. The summed E-state index contributed by atoms with van der Waals surface area (Å²) in [6, 6.07) is 7.99. The average molecular weight is 309 g/mol. The first-order valence-electron chi connectivity index (χ1n) is 6.87. The topological polar surface area (TPSA) is 57.8 Å². The molecule has 2 N–H and O–H groups in total. The minimum absolute atomic E-state index is 0.186. The van der Waals surface area contributed by atoms with Gasteiger partial charge in [0, 0.05) is 0 Å². The molecule has 0 aliphatic heterocycles. The molecule has 3 rings (SSSR count). The lowest BCUT2D eigenvalue weighted by Crippen LogP contribution is -2.36. The Bertz CT molecular complexity index is 708.